The Hall–Kier alpha value is -5.72. The summed E-state index contributed by atoms with van der Waals surface area (Å²) in [6, 6.07) is 16.6. The van der Waals surface area contributed by atoms with Crippen molar-refractivity contribution in [3.8, 4) is 0 Å². The molecule has 0 aliphatic carbocycles. The minimum Gasteiger partial charge on any atom is -0.475 e. The van der Waals surface area contributed by atoms with Gasteiger partial charge in [0.25, 0.3) is 11.8 Å². The Morgan fingerprint density at radius 2 is 1.41 bits per heavy atom. The predicted octanol–water partition coefficient (Wildman–Crippen LogP) is 4.16. The van der Waals surface area contributed by atoms with Crippen LogP contribution in [0.1, 0.15) is 26.3 Å². The highest BCUT2D eigenvalue weighted by Crippen LogP contribution is 2.23. The second kappa shape index (κ2) is 16.4. The van der Waals surface area contributed by atoms with Gasteiger partial charge in [0.2, 0.25) is 0 Å². The van der Waals surface area contributed by atoms with Gasteiger partial charge in [-0.2, -0.15) is 31.4 Å². The van der Waals surface area contributed by atoms with Crippen LogP contribution in [0.4, 0.5) is 37.8 Å². The highest BCUT2D eigenvalue weighted by molar-refractivity contribution is 6.09. The van der Waals surface area contributed by atoms with Crippen LogP contribution in [0.25, 0.3) is 10.9 Å². The first-order valence-electron chi connectivity index (χ1n) is 14.1. The molecule has 2 aromatic carbocycles. The molecule has 0 bridgehead atoms. The zero-order valence-corrected chi connectivity index (χ0v) is 25.5. The number of H-pyrrole nitrogens is 1. The van der Waals surface area contributed by atoms with Crippen molar-refractivity contribution in [1.29, 1.82) is 0 Å². The average Bonchev–Trinajstić information content (AvgIpc) is 3.46. The van der Waals surface area contributed by atoms with Gasteiger partial charge in [-0.15, -0.1) is 0 Å². The van der Waals surface area contributed by atoms with Crippen LogP contribution in [-0.2, 0) is 16.1 Å². The molecular weight excluding hydrogens is 668 g/mol. The third-order valence-corrected chi connectivity index (χ3v) is 6.72. The minimum atomic E-state index is -5.08. The molecule has 0 spiro atoms. The summed E-state index contributed by atoms with van der Waals surface area (Å²) in [4.78, 5) is 52.0. The molecule has 1 fully saturated rings. The maximum absolute atomic E-state index is 12.9. The number of carboxylic acid groups (broad SMARTS) is 2. The first-order valence-corrected chi connectivity index (χ1v) is 14.1. The maximum Gasteiger partial charge on any atom is 0.490 e. The zero-order chi connectivity index (χ0) is 36.4. The van der Waals surface area contributed by atoms with Crippen molar-refractivity contribution < 1.29 is 55.7 Å². The Bertz CT molecular complexity index is 1720. The predicted molar refractivity (Wildman–Crippen MR) is 163 cm³/mol. The number of alkyl halides is 6. The van der Waals surface area contributed by atoms with Gasteiger partial charge < -0.3 is 30.6 Å². The van der Waals surface area contributed by atoms with Gasteiger partial charge in [-0.3, -0.25) is 19.7 Å². The van der Waals surface area contributed by atoms with Crippen molar-refractivity contribution >= 4 is 46.2 Å². The molecule has 3 heterocycles. The van der Waals surface area contributed by atoms with E-state index in [-0.39, 0.29) is 11.8 Å². The molecule has 262 valence electrons. The van der Waals surface area contributed by atoms with E-state index in [1.807, 2.05) is 36.4 Å². The van der Waals surface area contributed by atoms with E-state index in [0.29, 0.717) is 28.9 Å². The van der Waals surface area contributed by atoms with Crippen LogP contribution in [0.15, 0.2) is 67.0 Å². The molecule has 13 nitrogen and oxygen atoms in total. The maximum atomic E-state index is 12.9. The van der Waals surface area contributed by atoms with Gasteiger partial charge in [0.05, 0.1) is 5.52 Å². The standard InChI is InChI=1S/C26H27N7O2.2C2HF3O2/c1-32-11-13-33(14-12-32)21-7-4-19(5-8-21)26(35)29-24-22-15-20(6-9-23(22)30-31-24)25(34)28-17-18-3-2-10-27-16-18;2*3-2(4,5)1(6)7/h2-10,15-16H,11-14,17H2,1H3,(H,28,34)(H2,29,30,31,35);2*(H,6,7). The number of carbonyl (C=O) groups excluding carboxylic acids is 2. The van der Waals surface area contributed by atoms with Crippen molar-refractivity contribution in [2.45, 2.75) is 18.9 Å². The largest absolute Gasteiger partial charge is 0.490 e. The van der Waals surface area contributed by atoms with E-state index in [1.165, 1.54) is 0 Å². The number of aromatic nitrogens is 3. The number of aliphatic carboxylic acids is 2. The monoisotopic (exact) mass is 697 g/mol. The molecule has 0 atom stereocenters. The number of carbonyl (C=O) groups is 4. The van der Waals surface area contributed by atoms with Gasteiger partial charge in [-0.05, 0) is 61.1 Å². The van der Waals surface area contributed by atoms with E-state index in [9.17, 15) is 35.9 Å². The summed E-state index contributed by atoms with van der Waals surface area (Å²) in [6.07, 6.45) is -6.76. The number of aromatic amines is 1. The Balaban J connectivity index is 0.000000392. The fourth-order valence-corrected chi connectivity index (χ4v) is 4.11. The highest BCUT2D eigenvalue weighted by Gasteiger charge is 2.38. The summed E-state index contributed by atoms with van der Waals surface area (Å²) in [5.41, 5.74) is 3.78. The van der Waals surface area contributed by atoms with Crippen molar-refractivity contribution in [2.75, 3.05) is 43.4 Å². The van der Waals surface area contributed by atoms with Crippen LogP contribution in [-0.4, -0.2) is 99.6 Å². The number of piperazine rings is 1. The smallest absolute Gasteiger partial charge is 0.475 e. The van der Waals surface area contributed by atoms with Gasteiger partial charge in [-0.1, -0.05) is 6.07 Å². The lowest BCUT2D eigenvalue weighted by Crippen LogP contribution is -2.44. The molecule has 0 radical (unpaired) electrons. The van der Waals surface area contributed by atoms with Crippen molar-refractivity contribution in [2.24, 2.45) is 0 Å². The number of nitrogens with one attached hydrogen (secondary N) is 3. The molecule has 49 heavy (non-hydrogen) atoms. The van der Waals surface area contributed by atoms with E-state index in [4.69, 9.17) is 19.8 Å². The van der Waals surface area contributed by atoms with Crippen LogP contribution < -0.4 is 15.5 Å². The number of benzene rings is 2. The zero-order valence-electron chi connectivity index (χ0n) is 25.5. The summed E-state index contributed by atoms with van der Waals surface area (Å²) < 4.78 is 63.5. The van der Waals surface area contributed by atoms with Crippen LogP contribution in [0, 0.1) is 0 Å². The second-order valence-electron chi connectivity index (χ2n) is 10.3. The van der Waals surface area contributed by atoms with Crippen LogP contribution in [0.5, 0.6) is 0 Å². The van der Waals surface area contributed by atoms with E-state index in [0.717, 1.165) is 42.9 Å². The third kappa shape index (κ3) is 11.5. The first-order chi connectivity index (χ1) is 23.0. The lowest BCUT2D eigenvalue weighted by molar-refractivity contribution is -0.193. The number of nitrogens with zero attached hydrogens (tertiary/aromatic N) is 4. The molecule has 5 N–H and O–H groups in total. The van der Waals surface area contributed by atoms with E-state index in [2.05, 4.69) is 42.7 Å². The van der Waals surface area contributed by atoms with Gasteiger partial charge in [-0.25, -0.2) is 9.59 Å². The summed E-state index contributed by atoms with van der Waals surface area (Å²) in [6.45, 7) is 4.37. The number of fused-ring (bicyclic) bond motifs is 1. The molecule has 1 aliphatic heterocycles. The van der Waals surface area contributed by atoms with Crippen LogP contribution >= 0.6 is 0 Å². The fourth-order valence-electron chi connectivity index (χ4n) is 4.11. The van der Waals surface area contributed by atoms with Crippen LogP contribution in [0.3, 0.4) is 0 Å². The molecule has 2 amide bonds. The first kappa shape index (κ1) is 37.7. The number of rotatable bonds is 6. The second-order valence-corrected chi connectivity index (χ2v) is 10.3. The molecule has 1 aliphatic rings. The topological polar surface area (TPSA) is 181 Å². The summed E-state index contributed by atoms with van der Waals surface area (Å²) >= 11 is 0. The molecule has 0 unspecified atom stereocenters. The van der Waals surface area contributed by atoms with E-state index in [1.54, 1.807) is 30.6 Å². The summed E-state index contributed by atoms with van der Waals surface area (Å²) in [5.74, 6) is -5.60. The highest BCUT2D eigenvalue weighted by atomic mass is 19.4. The number of amides is 2. The third-order valence-electron chi connectivity index (χ3n) is 6.72. The van der Waals surface area contributed by atoms with Gasteiger partial charge in [0.15, 0.2) is 5.82 Å². The summed E-state index contributed by atoms with van der Waals surface area (Å²) in [7, 11) is 2.13. The van der Waals surface area contributed by atoms with E-state index >= 15 is 0 Å². The van der Waals surface area contributed by atoms with Gasteiger partial charge in [0.1, 0.15) is 0 Å². The molecular formula is C30H29F6N7O6. The van der Waals surface area contributed by atoms with Gasteiger partial charge >= 0.3 is 24.3 Å². The SMILES string of the molecule is CN1CCN(c2ccc(C(=O)Nc3n[nH]c4ccc(C(=O)NCc5cccnc5)cc34)cc2)CC1.O=C(O)C(F)(F)F.O=C(O)C(F)(F)F. The number of hydrogen-bond acceptors (Lipinski definition) is 8. The summed E-state index contributed by atoms with van der Waals surface area (Å²) in [5, 5.41) is 27.8. The Kier molecular flexibility index (Phi) is 12.6. The lowest BCUT2D eigenvalue weighted by Gasteiger charge is -2.34. The van der Waals surface area contributed by atoms with Crippen molar-refractivity contribution in [1.82, 2.24) is 25.4 Å². The molecule has 4 aromatic rings. The molecule has 2 aromatic heterocycles. The number of hydrogen-bond donors (Lipinski definition) is 5. The average molecular weight is 698 g/mol. The van der Waals surface area contributed by atoms with Crippen LogP contribution in [0.2, 0.25) is 0 Å². The Morgan fingerprint density at radius 3 is 1.94 bits per heavy atom. The fraction of sp³-hybridized carbons (Fsp3) is 0.267. The number of halogens is 6. The number of pyridine rings is 1. The number of likely N-dealkylation sites (N-methyl/N-ethyl adjacent to an activating group) is 1. The van der Waals surface area contributed by atoms with E-state index < -0.39 is 24.3 Å². The van der Waals surface area contributed by atoms with Crippen molar-refractivity contribution in [3.63, 3.8) is 0 Å². The minimum absolute atomic E-state index is 0.214. The quantitative estimate of drug-likeness (QED) is 0.184. The lowest BCUT2D eigenvalue weighted by atomic mass is 10.1. The molecule has 1 saturated heterocycles. The number of carboxylic acids is 2. The molecule has 0 saturated carbocycles. The molecule has 5 rings (SSSR count). The normalized spacial score (nSPS) is 13.3. The molecule has 19 heteroatoms. The number of anilines is 2. The van der Waals surface area contributed by atoms with Gasteiger partial charge in [0, 0.05) is 67.3 Å². The Morgan fingerprint density at radius 1 is 0.837 bits per heavy atom. The van der Waals surface area contributed by atoms with Crippen molar-refractivity contribution in [3.05, 3.63) is 83.7 Å². The Labute approximate surface area is 273 Å².